The first kappa shape index (κ1) is 26.4. The summed E-state index contributed by atoms with van der Waals surface area (Å²) in [4.78, 5) is 28.4. The summed E-state index contributed by atoms with van der Waals surface area (Å²) in [6, 6.07) is 6.88. The molecule has 0 unspecified atom stereocenters. The number of phenols is 1. The van der Waals surface area contributed by atoms with Gasteiger partial charge in [-0.15, -0.1) is 5.11 Å². The number of anilines is 1. The predicted octanol–water partition coefficient (Wildman–Crippen LogP) is 2.22. The maximum absolute atomic E-state index is 12.0. The fourth-order valence-corrected chi connectivity index (χ4v) is 4.82. The summed E-state index contributed by atoms with van der Waals surface area (Å²) in [6.07, 6.45) is 0. The molecule has 0 aromatic heterocycles. The van der Waals surface area contributed by atoms with E-state index in [1.807, 2.05) is 0 Å². The first-order valence-electron chi connectivity index (χ1n) is 9.12. The van der Waals surface area contributed by atoms with Crippen molar-refractivity contribution in [1.82, 2.24) is 0 Å². The molecule has 0 bridgehead atoms. The van der Waals surface area contributed by atoms with Gasteiger partial charge in [0.15, 0.2) is 5.75 Å². The number of fused-ring (bicyclic) bond motifs is 1. The van der Waals surface area contributed by atoms with Crippen LogP contribution in [0.2, 0.25) is 0 Å². The van der Waals surface area contributed by atoms with Gasteiger partial charge in [-0.1, -0.05) is 6.07 Å². The summed E-state index contributed by atoms with van der Waals surface area (Å²) in [7, 11) is -14.6. The topological polar surface area (TPSA) is 240 Å². The van der Waals surface area contributed by atoms with Gasteiger partial charge >= 0.3 is 7.60 Å². The van der Waals surface area contributed by atoms with E-state index in [0.717, 1.165) is 37.3 Å². The molecule has 0 radical (unpaired) electrons. The summed E-state index contributed by atoms with van der Waals surface area (Å²) < 4.78 is 77.7. The zero-order chi connectivity index (χ0) is 26.3. The maximum Gasteiger partial charge on any atom is 0.356 e. The first-order valence-corrected chi connectivity index (χ1v) is 13.6. The Balaban J connectivity index is 2.36. The number of nitrogens with one attached hydrogen (secondary N) is 1. The Labute approximate surface area is 197 Å². The third kappa shape index (κ3) is 5.88. The van der Waals surface area contributed by atoms with Crippen molar-refractivity contribution in [3.05, 3.63) is 42.5 Å². The van der Waals surface area contributed by atoms with Gasteiger partial charge in [-0.25, -0.2) is 0 Å². The lowest BCUT2D eigenvalue weighted by molar-refractivity contribution is -0.114. The van der Waals surface area contributed by atoms with Crippen LogP contribution in [0.25, 0.3) is 10.8 Å². The zero-order valence-corrected chi connectivity index (χ0v) is 19.9. The minimum Gasteiger partial charge on any atom is -0.505 e. The minimum absolute atomic E-state index is 0.157. The largest absolute Gasteiger partial charge is 0.505 e. The van der Waals surface area contributed by atoms with E-state index in [9.17, 15) is 50.2 Å². The molecule has 0 atom stereocenters. The normalized spacial score (nSPS) is 12.8. The Morgan fingerprint density at radius 3 is 2.17 bits per heavy atom. The van der Waals surface area contributed by atoms with Gasteiger partial charge < -0.3 is 20.2 Å². The van der Waals surface area contributed by atoms with Crippen LogP contribution >= 0.6 is 7.60 Å². The van der Waals surface area contributed by atoms with E-state index in [4.69, 9.17) is 0 Å². The van der Waals surface area contributed by atoms with Crippen LogP contribution in [0.3, 0.4) is 0 Å². The Bertz CT molecular complexity index is 1660. The fourth-order valence-electron chi connectivity index (χ4n) is 3.03. The van der Waals surface area contributed by atoms with Crippen LogP contribution in [0.5, 0.6) is 5.75 Å². The number of benzene rings is 3. The van der Waals surface area contributed by atoms with Crippen LogP contribution < -0.4 is 10.6 Å². The van der Waals surface area contributed by atoms with Crippen molar-refractivity contribution < 1.29 is 50.2 Å². The van der Waals surface area contributed by atoms with E-state index in [1.54, 1.807) is 0 Å². The van der Waals surface area contributed by atoms with Gasteiger partial charge in [0.2, 0.25) is 5.91 Å². The lowest BCUT2D eigenvalue weighted by Gasteiger charge is -2.14. The summed E-state index contributed by atoms with van der Waals surface area (Å²) in [5, 5.41) is 19.3. The number of nitrogens with zero attached hydrogens (tertiary/aromatic N) is 2. The van der Waals surface area contributed by atoms with Crippen LogP contribution in [-0.2, 0) is 29.6 Å². The van der Waals surface area contributed by atoms with E-state index in [1.165, 1.54) is 12.1 Å². The highest BCUT2D eigenvalue weighted by Crippen LogP contribution is 2.45. The van der Waals surface area contributed by atoms with E-state index in [2.05, 4.69) is 15.5 Å². The molecule has 0 fully saturated rings. The van der Waals surface area contributed by atoms with Gasteiger partial charge in [0.25, 0.3) is 20.2 Å². The first-order chi connectivity index (χ1) is 16.0. The number of phenolic OH excluding ortho intramolecular Hbond substituents is 1. The van der Waals surface area contributed by atoms with E-state index in [-0.39, 0.29) is 22.1 Å². The van der Waals surface area contributed by atoms with Crippen molar-refractivity contribution in [3.8, 4) is 5.75 Å². The molecule has 6 N–H and O–H groups in total. The van der Waals surface area contributed by atoms with Gasteiger partial charge in [-0.05, 0) is 41.8 Å². The van der Waals surface area contributed by atoms with Gasteiger partial charge in [0.1, 0.15) is 10.6 Å². The lowest BCUT2D eigenvalue weighted by Crippen LogP contribution is -2.08. The number of azo groups is 1. The molecule has 14 nitrogen and oxygen atoms in total. The maximum atomic E-state index is 12.0. The molecule has 0 spiro atoms. The van der Waals surface area contributed by atoms with Crippen molar-refractivity contribution in [1.29, 1.82) is 0 Å². The van der Waals surface area contributed by atoms with Crippen LogP contribution in [0.1, 0.15) is 6.92 Å². The van der Waals surface area contributed by atoms with E-state index < -0.39 is 60.3 Å². The molecule has 35 heavy (non-hydrogen) atoms. The molecule has 0 heterocycles. The monoisotopic (exact) mass is 545 g/mol. The Morgan fingerprint density at radius 2 is 1.63 bits per heavy atom. The predicted molar refractivity (Wildman–Crippen MR) is 122 cm³/mol. The number of carbonyl (C=O) groups excluding carboxylic acids is 1. The molecule has 3 aromatic carbocycles. The van der Waals surface area contributed by atoms with Crippen LogP contribution in [0.15, 0.2) is 62.5 Å². The second-order valence-electron chi connectivity index (χ2n) is 7.04. The molecule has 0 aliphatic rings. The SMILES string of the molecule is CC(=O)Nc1cc(S(=O)(=O)O)cc2cc(S(=O)(=O)O)c(/N=N/c3cccc(P(=O)(O)O)c3)c(O)c12. The van der Waals surface area contributed by atoms with Gasteiger partial charge in [-0.2, -0.15) is 21.9 Å². The van der Waals surface area contributed by atoms with Crippen LogP contribution in [-0.4, -0.2) is 46.7 Å². The van der Waals surface area contributed by atoms with Crippen molar-refractivity contribution in [2.45, 2.75) is 16.7 Å². The number of hydrogen-bond donors (Lipinski definition) is 6. The van der Waals surface area contributed by atoms with Gasteiger partial charge in [-0.3, -0.25) is 18.5 Å². The van der Waals surface area contributed by atoms with Crippen molar-refractivity contribution in [2.24, 2.45) is 10.2 Å². The van der Waals surface area contributed by atoms with Gasteiger partial charge in [0.05, 0.1) is 21.6 Å². The summed E-state index contributed by atoms with van der Waals surface area (Å²) in [5.41, 5.74) is -1.33. The molecule has 3 aromatic rings. The highest BCUT2D eigenvalue weighted by molar-refractivity contribution is 7.86. The molecule has 3 rings (SSSR count). The molecular formula is C18H16N3O11PS2. The third-order valence-electron chi connectivity index (χ3n) is 4.44. The number of carbonyl (C=O) groups is 1. The molecular weight excluding hydrogens is 529 g/mol. The minimum atomic E-state index is -5.11. The summed E-state index contributed by atoms with van der Waals surface area (Å²) >= 11 is 0. The lowest BCUT2D eigenvalue weighted by atomic mass is 10.1. The smallest absolute Gasteiger partial charge is 0.356 e. The molecule has 186 valence electrons. The second-order valence-corrected chi connectivity index (χ2v) is 11.5. The number of rotatable bonds is 6. The molecule has 1 amide bonds. The number of amides is 1. The average molecular weight is 545 g/mol. The average Bonchev–Trinajstić information content (AvgIpc) is 2.70. The van der Waals surface area contributed by atoms with E-state index >= 15 is 0 Å². The Hall–Kier alpha value is -3.24. The molecule has 0 aliphatic carbocycles. The van der Waals surface area contributed by atoms with Crippen molar-refractivity contribution in [3.63, 3.8) is 0 Å². The Kier molecular flexibility index (Phi) is 6.84. The quantitative estimate of drug-likeness (QED) is 0.149. The highest BCUT2D eigenvalue weighted by Gasteiger charge is 2.26. The summed E-state index contributed by atoms with van der Waals surface area (Å²) in [6.45, 7) is 1.06. The summed E-state index contributed by atoms with van der Waals surface area (Å²) in [5.74, 6) is -1.66. The van der Waals surface area contributed by atoms with Gasteiger partial charge in [0, 0.05) is 12.3 Å². The van der Waals surface area contributed by atoms with Crippen LogP contribution in [0.4, 0.5) is 17.1 Å². The molecule has 0 aliphatic heterocycles. The highest BCUT2D eigenvalue weighted by atomic mass is 32.2. The van der Waals surface area contributed by atoms with Crippen LogP contribution in [0, 0.1) is 0 Å². The van der Waals surface area contributed by atoms with Crippen molar-refractivity contribution in [2.75, 3.05) is 5.32 Å². The standard InChI is InChI=1S/C18H16N3O11PS2/c1-9(22)19-14-8-13(34(27,28)29)5-10-6-15(35(30,31)32)17(18(23)16(10)14)21-20-11-3-2-4-12(7-11)33(24,25)26/h2-8,23H,1H3,(H,19,22)(H2,24,25,26)(H,27,28,29)(H,30,31,32)/b21-20+. The third-order valence-corrected chi connectivity index (χ3v) is 7.09. The van der Waals surface area contributed by atoms with Crippen molar-refractivity contribution >= 4 is 66.9 Å². The Morgan fingerprint density at radius 1 is 0.971 bits per heavy atom. The van der Waals surface area contributed by atoms with E-state index in [0.29, 0.717) is 0 Å². The molecule has 17 heteroatoms. The zero-order valence-electron chi connectivity index (χ0n) is 17.4. The number of hydrogen-bond acceptors (Lipinski definition) is 9. The second kappa shape index (κ2) is 9.09. The molecule has 0 saturated heterocycles. The molecule has 0 saturated carbocycles. The number of aromatic hydroxyl groups is 1. The fraction of sp³-hybridized carbons (Fsp3) is 0.0556.